The van der Waals surface area contributed by atoms with Gasteiger partial charge in [0, 0.05) is 16.7 Å². The first-order valence-corrected chi connectivity index (χ1v) is 14.2. The summed E-state index contributed by atoms with van der Waals surface area (Å²) in [5, 5.41) is 12.7. The molecule has 2 heterocycles. The molecule has 38 heavy (non-hydrogen) atoms. The molecule has 0 saturated carbocycles. The van der Waals surface area contributed by atoms with Crippen LogP contribution in [0.3, 0.4) is 0 Å². The molecule has 0 spiro atoms. The van der Waals surface area contributed by atoms with Gasteiger partial charge in [-0.1, -0.05) is 69.6 Å². The Kier molecular flexibility index (Phi) is 7.88. The number of carbonyl (C=O) groups is 2. The Morgan fingerprint density at radius 3 is 2.68 bits per heavy atom. The number of amides is 2. The minimum Gasteiger partial charge on any atom is -0.345 e. The van der Waals surface area contributed by atoms with Crippen LogP contribution < -0.4 is 10.2 Å². The highest BCUT2D eigenvalue weighted by atomic mass is 79.9. The van der Waals surface area contributed by atoms with E-state index in [1.165, 1.54) is 17.3 Å². The van der Waals surface area contributed by atoms with Gasteiger partial charge in [0.15, 0.2) is 11.0 Å². The number of thioether (sulfide) groups is 1. The summed E-state index contributed by atoms with van der Waals surface area (Å²) in [7, 11) is 0. The topological polar surface area (TPSA) is 80.1 Å². The summed E-state index contributed by atoms with van der Waals surface area (Å²) in [5.41, 5.74) is 5.62. The van der Waals surface area contributed by atoms with E-state index in [-0.39, 0.29) is 24.1 Å². The quantitative estimate of drug-likeness (QED) is 0.263. The molecule has 0 aliphatic carbocycles. The largest absolute Gasteiger partial charge is 0.345 e. The van der Waals surface area contributed by atoms with E-state index in [9.17, 15) is 9.59 Å². The molecule has 0 radical (unpaired) electrons. The zero-order chi connectivity index (χ0) is 26.8. The lowest BCUT2D eigenvalue weighted by molar-refractivity contribution is -0.116. The van der Waals surface area contributed by atoms with Crippen molar-refractivity contribution in [3.63, 3.8) is 0 Å². The van der Waals surface area contributed by atoms with Crippen LogP contribution in [0.1, 0.15) is 32.9 Å². The molecule has 10 heteroatoms. The van der Waals surface area contributed by atoms with Crippen LogP contribution in [0.4, 0.5) is 5.69 Å². The zero-order valence-electron chi connectivity index (χ0n) is 20.9. The maximum atomic E-state index is 13.2. The standard InChI is InChI=1S/C28H25BrClN5O2S/c1-17-6-5-9-23(18(17)2)35-25(15-31-27(37)21-14-20(29)10-11-22(21)30)32-33-28(35)38-16-26(36)34-13-12-19-7-3-4-8-24(19)34/h3-11,14H,12-13,15-16H2,1-2H3,(H,31,37). The highest BCUT2D eigenvalue weighted by molar-refractivity contribution is 9.10. The molecule has 1 N–H and O–H groups in total. The summed E-state index contributed by atoms with van der Waals surface area (Å²) in [6, 6.07) is 19.1. The predicted octanol–water partition coefficient (Wildman–Crippen LogP) is 5.91. The van der Waals surface area contributed by atoms with Crippen molar-refractivity contribution in [2.45, 2.75) is 32.0 Å². The molecule has 4 aromatic rings. The summed E-state index contributed by atoms with van der Waals surface area (Å²) >= 11 is 11.0. The number of nitrogens with one attached hydrogen (secondary N) is 1. The lowest BCUT2D eigenvalue weighted by Crippen LogP contribution is -2.30. The number of rotatable bonds is 7. The van der Waals surface area contributed by atoms with Crippen molar-refractivity contribution in [3.05, 3.63) is 98.2 Å². The number of hydrogen-bond donors (Lipinski definition) is 1. The molecule has 7 nitrogen and oxygen atoms in total. The van der Waals surface area contributed by atoms with Crippen LogP contribution in [-0.4, -0.2) is 38.9 Å². The summed E-state index contributed by atoms with van der Waals surface area (Å²) < 4.78 is 2.68. The lowest BCUT2D eigenvalue weighted by atomic mass is 10.1. The fourth-order valence-corrected chi connectivity index (χ4v) is 5.86. The minimum absolute atomic E-state index is 0.0228. The van der Waals surface area contributed by atoms with E-state index in [1.54, 1.807) is 18.2 Å². The maximum Gasteiger partial charge on any atom is 0.253 e. The summed E-state index contributed by atoms with van der Waals surface area (Å²) in [6.07, 6.45) is 0.858. The molecule has 0 atom stereocenters. The Balaban J connectivity index is 1.39. The Hall–Kier alpha value is -3.14. The average Bonchev–Trinajstić information content (AvgIpc) is 3.53. The van der Waals surface area contributed by atoms with Gasteiger partial charge in [-0.25, -0.2) is 0 Å². The van der Waals surface area contributed by atoms with Crippen molar-refractivity contribution < 1.29 is 9.59 Å². The van der Waals surface area contributed by atoms with E-state index in [0.717, 1.165) is 33.4 Å². The van der Waals surface area contributed by atoms with Crippen LogP contribution in [0.15, 0.2) is 70.3 Å². The molecule has 1 aliphatic rings. The fourth-order valence-electron chi connectivity index (χ4n) is 4.46. The fraction of sp³-hybridized carbons (Fsp3) is 0.214. The van der Waals surface area contributed by atoms with Crippen molar-refractivity contribution >= 4 is 56.8 Å². The number of benzene rings is 3. The Bertz CT molecular complexity index is 1540. The Labute approximate surface area is 238 Å². The van der Waals surface area contributed by atoms with Crippen LogP contribution in [0.2, 0.25) is 5.02 Å². The second-order valence-corrected chi connectivity index (χ2v) is 11.2. The van der Waals surface area contributed by atoms with Crippen molar-refractivity contribution in [1.82, 2.24) is 20.1 Å². The molecule has 0 fully saturated rings. The SMILES string of the molecule is Cc1cccc(-n2c(CNC(=O)c3cc(Br)ccc3Cl)nnc2SCC(=O)N2CCc3ccccc32)c1C. The maximum absolute atomic E-state index is 13.2. The first-order valence-electron chi connectivity index (χ1n) is 12.1. The van der Waals surface area contributed by atoms with Gasteiger partial charge in [0.05, 0.1) is 28.6 Å². The number of hydrogen-bond acceptors (Lipinski definition) is 5. The normalized spacial score (nSPS) is 12.5. The third kappa shape index (κ3) is 5.36. The first-order chi connectivity index (χ1) is 18.3. The summed E-state index contributed by atoms with van der Waals surface area (Å²) in [6.45, 7) is 4.89. The molecule has 1 aromatic heterocycles. The van der Waals surface area contributed by atoms with Crippen LogP contribution >= 0.6 is 39.3 Å². The van der Waals surface area contributed by atoms with Crippen molar-refractivity contribution in [1.29, 1.82) is 0 Å². The summed E-state index contributed by atoms with van der Waals surface area (Å²) in [5.74, 6) is 0.482. The molecule has 5 rings (SSSR count). The van der Waals surface area contributed by atoms with Gasteiger partial charge in [-0.05, 0) is 67.3 Å². The molecule has 194 valence electrons. The summed E-state index contributed by atoms with van der Waals surface area (Å²) in [4.78, 5) is 27.9. The molecule has 3 aromatic carbocycles. The number of nitrogens with zero attached hydrogens (tertiary/aromatic N) is 4. The number of aryl methyl sites for hydroxylation is 1. The molecular weight excluding hydrogens is 586 g/mol. The second-order valence-electron chi connectivity index (χ2n) is 8.97. The van der Waals surface area contributed by atoms with Gasteiger partial charge in [-0.2, -0.15) is 0 Å². The third-order valence-corrected chi connectivity index (χ3v) is 8.35. The van der Waals surface area contributed by atoms with Gasteiger partial charge in [0.1, 0.15) is 0 Å². The van der Waals surface area contributed by atoms with Crippen LogP contribution in [0.25, 0.3) is 5.69 Å². The van der Waals surface area contributed by atoms with E-state index in [0.29, 0.717) is 28.1 Å². The highest BCUT2D eigenvalue weighted by Gasteiger charge is 2.25. The van der Waals surface area contributed by atoms with E-state index >= 15 is 0 Å². The lowest BCUT2D eigenvalue weighted by Gasteiger charge is -2.18. The van der Waals surface area contributed by atoms with Crippen molar-refractivity contribution in [2.75, 3.05) is 17.2 Å². The number of aromatic nitrogens is 3. The predicted molar refractivity (Wildman–Crippen MR) is 154 cm³/mol. The van der Waals surface area contributed by atoms with Gasteiger partial charge in [-0.3, -0.25) is 14.2 Å². The van der Waals surface area contributed by atoms with Crippen LogP contribution in [-0.2, 0) is 17.8 Å². The minimum atomic E-state index is -0.316. The van der Waals surface area contributed by atoms with E-state index < -0.39 is 0 Å². The molecular formula is C28H25BrClN5O2S. The first kappa shape index (κ1) is 26.5. The molecule has 2 amide bonds. The second kappa shape index (κ2) is 11.3. The molecule has 0 bridgehead atoms. The Morgan fingerprint density at radius 2 is 1.84 bits per heavy atom. The van der Waals surface area contributed by atoms with Gasteiger partial charge < -0.3 is 10.2 Å². The number of para-hydroxylation sites is 1. The molecule has 0 unspecified atom stereocenters. The Morgan fingerprint density at radius 1 is 1.05 bits per heavy atom. The third-order valence-electron chi connectivity index (χ3n) is 6.61. The van der Waals surface area contributed by atoms with E-state index in [2.05, 4.69) is 37.5 Å². The number of anilines is 1. The zero-order valence-corrected chi connectivity index (χ0v) is 24.0. The average molecular weight is 611 g/mol. The van der Waals surface area contributed by atoms with Crippen molar-refractivity contribution in [3.8, 4) is 5.69 Å². The van der Waals surface area contributed by atoms with Crippen LogP contribution in [0, 0.1) is 13.8 Å². The van der Waals surface area contributed by atoms with Gasteiger partial charge in [0.2, 0.25) is 5.91 Å². The number of halogens is 2. The van der Waals surface area contributed by atoms with Gasteiger partial charge >= 0.3 is 0 Å². The molecule has 1 aliphatic heterocycles. The van der Waals surface area contributed by atoms with E-state index in [1.807, 2.05) is 59.7 Å². The van der Waals surface area contributed by atoms with E-state index in [4.69, 9.17) is 11.6 Å². The number of carbonyl (C=O) groups excluding carboxylic acids is 2. The van der Waals surface area contributed by atoms with Crippen LogP contribution in [0.5, 0.6) is 0 Å². The monoisotopic (exact) mass is 609 g/mol. The van der Waals surface area contributed by atoms with Gasteiger partial charge in [-0.15, -0.1) is 10.2 Å². The molecule has 0 saturated heterocycles. The number of fused-ring (bicyclic) bond motifs is 1. The highest BCUT2D eigenvalue weighted by Crippen LogP contribution is 2.30. The smallest absolute Gasteiger partial charge is 0.253 e. The van der Waals surface area contributed by atoms with Gasteiger partial charge in [0.25, 0.3) is 5.91 Å². The van der Waals surface area contributed by atoms with Crippen molar-refractivity contribution in [2.24, 2.45) is 0 Å².